The summed E-state index contributed by atoms with van der Waals surface area (Å²) in [5, 5.41) is 9.14. The summed E-state index contributed by atoms with van der Waals surface area (Å²) >= 11 is 6.69. The van der Waals surface area contributed by atoms with Gasteiger partial charge in [0.2, 0.25) is 0 Å². The Labute approximate surface area is 182 Å². The van der Waals surface area contributed by atoms with Gasteiger partial charge >= 0.3 is 12.2 Å². The molecule has 1 aromatic rings. The Bertz CT molecular complexity index is 745. The maximum absolute atomic E-state index is 12.9. The summed E-state index contributed by atoms with van der Waals surface area (Å²) in [4.78, 5) is 27.0. The quantitative estimate of drug-likeness (QED) is 0.392. The summed E-state index contributed by atoms with van der Waals surface area (Å²) in [6.07, 6.45) is 0.344. The zero-order valence-corrected chi connectivity index (χ0v) is 18.8. The van der Waals surface area contributed by atoms with Crippen molar-refractivity contribution in [2.24, 2.45) is 5.92 Å². The second kappa shape index (κ2) is 10.1. The lowest BCUT2D eigenvalue weighted by Gasteiger charge is -2.36. The maximum Gasteiger partial charge on any atom is 0.411 e. The van der Waals surface area contributed by atoms with E-state index in [1.807, 2.05) is 32.9 Å². The van der Waals surface area contributed by atoms with Crippen LogP contribution in [0.5, 0.6) is 5.75 Å². The summed E-state index contributed by atoms with van der Waals surface area (Å²) in [5.74, 6) is 0.705. The number of hydrogen-bond donors (Lipinski definition) is 2. The number of nitrogen functional groups attached to an aromatic ring is 1. The first-order valence-corrected chi connectivity index (χ1v) is 10.5. The molecular formula is C21H32ClN3O5. The molecule has 0 bridgehead atoms. The van der Waals surface area contributed by atoms with Crippen LogP contribution in [0.15, 0.2) is 18.2 Å². The zero-order chi connectivity index (χ0) is 22.5. The van der Waals surface area contributed by atoms with Crippen molar-refractivity contribution in [3.63, 3.8) is 0 Å². The molecule has 0 spiro atoms. The van der Waals surface area contributed by atoms with E-state index >= 15 is 0 Å². The van der Waals surface area contributed by atoms with Gasteiger partial charge in [0, 0.05) is 26.1 Å². The Kier molecular flexibility index (Phi) is 8.06. The van der Waals surface area contributed by atoms with Crippen LogP contribution in [0, 0.1) is 5.92 Å². The largest absolute Gasteiger partial charge is 0.495 e. The number of amides is 2. The number of methoxy groups -OCH3 is 1. The number of benzene rings is 1. The van der Waals surface area contributed by atoms with Gasteiger partial charge in [-0.1, -0.05) is 17.7 Å². The minimum absolute atomic E-state index is 0.148. The molecule has 0 aromatic heterocycles. The number of anilines is 1. The SMILES string of the molecule is COc1cc(CC(Cl)N(CC2CCN(C(=O)O)CC2)C(=O)OC(C)(C)C)ccc1N. The van der Waals surface area contributed by atoms with Crippen LogP contribution in [-0.2, 0) is 11.2 Å². The van der Waals surface area contributed by atoms with Crippen LogP contribution in [0.2, 0.25) is 0 Å². The van der Waals surface area contributed by atoms with E-state index in [-0.39, 0.29) is 5.92 Å². The fourth-order valence-corrected chi connectivity index (χ4v) is 3.73. The molecule has 2 rings (SSSR count). The van der Waals surface area contributed by atoms with Gasteiger partial charge in [-0.3, -0.25) is 4.90 Å². The highest BCUT2D eigenvalue weighted by atomic mass is 35.5. The molecule has 1 atom stereocenters. The monoisotopic (exact) mass is 441 g/mol. The van der Waals surface area contributed by atoms with Crippen molar-refractivity contribution in [3.05, 3.63) is 23.8 Å². The number of nitrogens with two attached hydrogens (primary N) is 1. The summed E-state index contributed by atoms with van der Waals surface area (Å²) in [6.45, 7) is 6.73. The molecule has 1 fully saturated rings. The first-order chi connectivity index (χ1) is 14.0. The van der Waals surface area contributed by atoms with Crippen molar-refractivity contribution < 1.29 is 24.2 Å². The van der Waals surface area contributed by atoms with Crippen LogP contribution in [0.4, 0.5) is 15.3 Å². The van der Waals surface area contributed by atoms with E-state index in [1.165, 1.54) is 9.80 Å². The predicted molar refractivity (Wildman–Crippen MR) is 116 cm³/mol. The highest BCUT2D eigenvalue weighted by Crippen LogP contribution is 2.27. The molecule has 168 valence electrons. The fraction of sp³-hybridized carbons (Fsp3) is 0.619. The number of ether oxygens (including phenoxy) is 2. The van der Waals surface area contributed by atoms with E-state index in [0.29, 0.717) is 50.3 Å². The molecule has 0 radical (unpaired) electrons. The van der Waals surface area contributed by atoms with Crippen LogP contribution >= 0.6 is 11.6 Å². The lowest BCUT2D eigenvalue weighted by molar-refractivity contribution is 0.0164. The summed E-state index contributed by atoms with van der Waals surface area (Å²) < 4.78 is 10.8. The van der Waals surface area contributed by atoms with Crippen LogP contribution in [0.25, 0.3) is 0 Å². The number of carbonyl (C=O) groups is 2. The first kappa shape index (κ1) is 23.9. The third-order valence-corrected chi connectivity index (χ3v) is 5.40. The van der Waals surface area contributed by atoms with E-state index < -0.39 is 23.3 Å². The Morgan fingerprint density at radius 2 is 1.97 bits per heavy atom. The molecule has 8 nitrogen and oxygen atoms in total. The summed E-state index contributed by atoms with van der Waals surface area (Å²) in [7, 11) is 1.55. The molecule has 0 saturated carbocycles. The number of carbonyl (C=O) groups excluding carboxylic acids is 1. The molecule has 1 unspecified atom stereocenters. The van der Waals surface area contributed by atoms with E-state index in [4.69, 9.17) is 31.9 Å². The summed E-state index contributed by atoms with van der Waals surface area (Å²) in [5.41, 5.74) is 6.01. The Balaban J connectivity index is 2.12. The smallest absolute Gasteiger partial charge is 0.411 e. The van der Waals surface area contributed by atoms with Gasteiger partial charge < -0.3 is 25.2 Å². The van der Waals surface area contributed by atoms with Crippen molar-refractivity contribution in [3.8, 4) is 5.75 Å². The number of carboxylic acid groups (broad SMARTS) is 1. The van der Waals surface area contributed by atoms with Crippen molar-refractivity contribution in [2.75, 3.05) is 32.5 Å². The van der Waals surface area contributed by atoms with Gasteiger partial charge in [0.25, 0.3) is 0 Å². The molecule has 1 saturated heterocycles. The fourth-order valence-electron chi connectivity index (χ4n) is 3.40. The number of rotatable bonds is 6. The first-order valence-electron chi connectivity index (χ1n) is 10.0. The molecular weight excluding hydrogens is 410 g/mol. The second-order valence-electron chi connectivity index (χ2n) is 8.56. The van der Waals surface area contributed by atoms with Gasteiger partial charge in [-0.2, -0.15) is 0 Å². The van der Waals surface area contributed by atoms with Crippen molar-refractivity contribution in [1.29, 1.82) is 0 Å². The second-order valence-corrected chi connectivity index (χ2v) is 9.06. The average molecular weight is 442 g/mol. The van der Waals surface area contributed by atoms with Crippen LogP contribution in [0.3, 0.4) is 0 Å². The zero-order valence-electron chi connectivity index (χ0n) is 18.1. The van der Waals surface area contributed by atoms with Crippen LogP contribution < -0.4 is 10.5 Å². The number of hydrogen-bond acceptors (Lipinski definition) is 5. The normalized spacial score (nSPS) is 16.1. The molecule has 3 N–H and O–H groups in total. The number of alkyl halides is 1. The molecule has 9 heteroatoms. The Morgan fingerprint density at radius 1 is 1.33 bits per heavy atom. The average Bonchev–Trinajstić information content (AvgIpc) is 2.66. The van der Waals surface area contributed by atoms with Gasteiger partial charge in [0.1, 0.15) is 16.9 Å². The summed E-state index contributed by atoms with van der Waals surface area (Å²) in [6, 6.07) is 5.41. The molecule has 1 heterocycles. The molecule has 1 aliphatic rings. The van der Waals surface area contributed by atoms with Gasteiger partial charge in [-0.25, -0.2) is 9.59 Å². The minimum atomic E-state index is -0.912. The van der Waals surface area contributed by atoms with Crippen molar-refractivity contribution in [2.45, 2.75) is 51.1 Å². The number of nitrogens with zero attached hydrogens (tertiary/aromatic N) is 2. The third-order valence-electron chi connectivity index (χ3n) is 5.01. The minimum Gasteiger partial charge on any atom is -0.495 e. The van der Waals surface area contributed by atoms with Crippen LogP contribution in [-0.4, -0.2) is 64.9 Å². The molecule has 0 aliphatic carbocycles. The Hall–Kier alpha value is -2.35. The molecule has 1 aromatic carbocycles. The predicted octanol–water partition coefficient (Wildman–Crippen LogP) is 4.01. The van der Waals surface area contributed by atoms with E-state index in [9.17, 15) is 9.59 Å². The highest BCUT2D eigenvalue weighted by Gasteiger charge is 2.31. The topological polar surface area (TPSA) is 105 Å². The van der Waals surface area contributed by atoms with Gasteiger partial charge in [0.15, 0.2) is 0 Å². The van der Waals surface area contributed by atoms with Gasteiger partial charge in [-0.15, -0.1) is 0 Å². The number of piperidine rings is 1. The molecule has 30 heavy (non-hydrogen) atoms. The van der Waals surface area contributed by atoms with Gasteiger partial charge in [0.05, 0.1) is 12.8 Å². The Morgan fingerprint density at radius 3 is 2.50 bits per heavy atom. The van der Waals surface area contributed by atoms with Crippen LogP contribution in [0.1, 0.15) is 39.2 Å². The van der Waals surface area contributed by atoms with Gasteiger partial charge in [-0.05, 0) is 57.2 Å². The number of likely N-dealkylation sites (tertiary alicyclic amines) is 1. The van der Waals surface area contributed by atoms with E-state index in [0.717, 1.165) is 5.56 Å². The lowest BCUT2D eigenvalue weighted by Crippen LogP contribution is -2.47. The highest BCUT2D eigenvalue weighted by molar-refractivity contribution is 6.21. The van der Waals surface area contributed by atoms with E-state index in [1.54, 1.807) is 13.2 Å². The van der Waals surface area contributed by atoms with Crippen molar-refractivity contribution >= 4 is 29.5 Å². The molecule has 1 aliphatic heterocycles. The lowest BCUT2D eigenvalue weighted by atomic mass is 9.96. The maximum atomic E-state index is 12.9. The van der Waals surface area contributed by atoms with E-state index in [2.05, 4.69) is 0 Å². The molecule has 2 amide bonds. The third kappa shape index (κ3) is 6.86. The standard InChI is InChI=1S/C21H32ClN3O5/c1-21(2,3)30-20(28)25(13-14-7-9-24(10-8-14)19(26)27)18(22)12-15-5-6-16(23)17(11-15)29-4/h5-6,11,14,18H,7-10,12-13,23H2,1-4H3,(H,26,27). The number of halogens is 1. The van der Waals surface area contributed by atoms with Crippen molar-refractivity contribution in [1.82, 2.24) is 9.80 Å².